The Kier molecular flexibility index (Phi) is 3.96. The number of nitrogens with zero attached hydrogens (tertiary/aromatic N) is 2. The third-order valence-electron chi connectivity index (χ3n) is 3.83. The molecule has 22 heavy (non-hydrogen) atoms. The molecule has 0 amide bonds. The maximum absolute atomic E-state index is 13.4. The van der Waals surface area contributed by atoms with E-state index in [1.165, 1.54) is 4.31 Å². The molecule has 0 saturated carbocycles. The highest BCUT2D eigenvalue weighted by Gasteiger charge is 2.35. The molecule has 0 aliphatic carbocycles. The maximum atomic E-state index is 13.4. The van der Waals surface area contributed by atoms with Gasteiger partial charge in [-0.1, -0.05) is 6.42 Å². The van der Waals surface area contributed by atoms with E-state index < -0.39 is 21.7 Å². The average molecular weight is 327 g/mol. The molecular weight excluding hydrogens is 312 g/mol. The summed E-state index contributed by atoms with van der Waals surface area (Å²) in [6.45, 7) is 0.338. The quantitative estimate of drug-likeness (QED) is 0.942. The highest BCUT2D eigenvalue weighted by molar-refractivity contribution is 7.89. The molecule has 1 aromatic heterocycles. The minimum atomic E-state index is -3.90. The summed E-state index contributed by atoms with van der Waals surface area (Å²) >= 11 is 0. The van der Waals surface area contributed by atoms with Gasteiger partial charge in [-0.2, -0.15) is 9.40 Å². The second-order valence-corrected chi connectivity index (χ2v) is 7.11. The van der Waals surface area contributed by atoms with Gasteiger partial charge in [-0.05, 0) is 37.1 Å². The fourth-order valence-electron chi connectivity index (χ4n) is 2.73. The van der Waals surface area contributed by atoms with Crippen LogP contribution >= 0.6 is 0 Å². The Labute approximate surface area is 127 Å². The van der Waals surface area contributed by atoms with Crippen LogP contribution in [0.3, 0.4) is 0 Å². The molecule has 3 rings (SSSR count). The summed E-state index contributed by atoms with van der Waals surface area (Å²) in [5, 5.41) is 6.65. The number of piperidine rings is 1. The second kappa shape index (κ2) is 5.77. The number of H-pyrrole nitrogens is 1. The predicted octanol–water partition coefficient (Wildman–Crippen LogP) is 2.60. The first kappa shape index (κ1) is 15.1. The largest absolute Gasteiger partial charge is 0.281 e. The molecule has 5 nitrogen and oxygen atoms in total. The van der Waals surface area contributed by atoms with Crippen molar-refractivity contribution in [2.75, 3.05) is 6.54 Å². The predicted molar refractivity (Wildman–Crippen MR) is 75.4 cm³/mol. The van der Waals surface area contributed by atoms with Crippen LogP contribution in [0.2, 0.25) is 0 Å². The van der Waals surface area contributed by atoms with Crippen LogP contribution in [0.25, 0.3) is 0 Å². The van der Waals surface area contributed by atoms with Crippen LogP contribution in [-0.4, -0.2) is 29.5 Å². The lowest BCUT2D eigenvalue weighted by atomic mass is 10.0. The molecular formula is C14H15F2N3O2S. The molecule has 2 aromatic rings. The molecule has 1 aliphatic heterocycles. The molecule has 0 spiro atoms. The first-order valence-electron chi connectivity index (χ1n) is 6.96. The van der Waals surface area contributed by atoms with Crippen molar-refractivity contribution in [1.29, 1.82) is 0 Å². The summed E-state index contributed by atoms with van der Waals surface area (Å²) in [5.41, 5.74) is 0.700. The molecule has 1 aliphatic rings. The van der Waals surface area contributed by atoms with Crippen molar-refractivity contribution in [1.82, 2.24) is 14.5 Å². The minimum Gasteiger partial charge on any atom is -0.281 e. The molecule has 1 aromatic carbocycles. The number of hydrogen-bond donors (Lipinski definition) is 1. The van der Waals surface area contributed by atoms with Crippen molar-refractivity contribution in [3.8, 4) is 0 Å². The lowest BCUT2D eigenvalue weighted by molar-refractivity contribution is 0.251. The van der Waals surface area contributed by atoms with E-state index in [-0.39, 0.29) is 10.9 Å². The molecule has 0 bridgehead atoms. The summed E-state index contributed by atoms with van der Waals surface area (Å²) in [5.74, 6) is -2.24. The number of nitrogens with one attached hydrogen (secondary N) is 1. The molecule has 8 heteroatoms. The summed E-state index contributed by atoms with van der Waals surface area (Å²) in [6, 6.07) is 4.01. The van der Waals surface area contributed by atoms with Crippen LogP contribution in [0.15, 0.2) is 35.4 Å². The van der Waals surface area contributed by atoms with Crippen LogP contribution in [-0.2, 0) is 10.0 Å². The highest BCUT2D eigenvalue weighted by Crippen LogP contribution is 2.34. The Bertz CT molecular complexity index is 762. The Hall–Kier alpha value is -1.80. The van der Waals surface area contributed by atoms with E-state index in [1.807, 2.05) is 0 Å². The fraction of sp³-hybridized carbons (Fsp3) is 0.357. The van der Waals surface area contributed by atoms with Crippen LogP contribution in [0.5, 0.6) is 0 Å². The normalized spacial score (nSPS) is 20.2. The smallest absolute Gasteiger partial charge is 0.243 e. The summed E-state index contributed by atoms with van der Waals surface area (Å²) in [6.07, 6.45) is 3.85. The van der Waals surface area contributed by atoms with Gasteiger partial charge in [0.05, 0.1) is 16.6 Å². The van der Waals surface area contributed by atoms with Gasteiger partial charge in [0.2, 0.25) is 10.0 Å². The number of sulfonamides is 1. The Balaban J connectivity index is 2.00. The first-order valence-corrected chi connectivity index (χ1v) is 8.40. The van der Waals surface area contributed by atoms with Crippen LogP contribution < -0.4 is 0 Å². The lowest BCUT2D eigenvalue weighted by Crippen LogP contribution is -2.38. The Morgan fingerprint density at radius 3 is 2.68 bits per heavy atom. The standard InChI is InChI=1S/C14H15F2N3O2S/c15-11-5-4-10(9-12(11)16)22(20,21)19-8-2-1-3-14(19)13-6-7-17-18-13/h4-7,9,14H,1-3,8H2,(H,17,18)/t14-/m0/s1. The Morgan fingerprint density at radius 2 is 2.00 bits per heavy atom. The van der Waals surface area contributed by atoms with E-state index in [9.17, 15) is 17.2 Å². The number of hydrogen-bond acceptors (Lipinski definition) is 3. The van der Waals surface area contributed by atoms with Gasteiger partial charge in [-0.25, -0.2) is 17.2 Å². The van der Waals surface area contributed by atoms with Gasteiger partial charge in [-0.3, -0.25) is 5.10 Å². The van der Waals surface area contributed by atoms with Crippen molar-refractivity contribution in [3.63, 3.8) is 0 Å². The maximum Gasteiger partial charge on any atom is 0.243 e. The minimum absolute atomic E-state index is 0.238. The zero-order valence-corrected chi connectivity index (χ0v) is 12.5. The third kappa shape index (κ3) is 2.64. The zero-order chi connectivity index (χ0) is 15.7. The summed E-state index contributed by atoms with van der Waals surface area (Å²) in [7, 11) is -3.90. The molecule has 1 saturated heterocycles. The number of aromatic nitrogens is 2. The molecule has 1 fully saturated rings. The van der Waals surface area contributed by atoms with Gasteiger partial charge in [0.25, 0.3) is 0 Å². The average Bonchev–Trinajstić information content (AvgIpc) is 3.04. The van der Waals surface area contributed by atoms with E-state index in [2.05, 4.69) is 10.2 Å². The van der Waals surface area contributed by atoms with E-state index in [1.54, 1.807) is 12.3 Å². The number of aromatic amines is 1. The topological polar surface area (TPSA) is 66.1 Å². The third-order valence-corrected chi connectivity index (χ3v) is 5.74. The SMILES string of the molecule is O=S(=O)(c1ccc(F)c(F)c1)N1CCCC[C@H]1c1ccn[nH]1. The van der Waals surface area contributed by atoms with Crippen molar-refractivity contribution in [2.24, 2.45) is 0 Å². The molecule has 0 unspecified atom stereocenters. The highest BCUT2D eigenvalue weighted by atomic mass is 32.2. The molecule has 0 radical (unpaired) electrons. The van der Waals surface area contributed by atoms with Crippen molar-refractivity contribution in [2.45, 2.75) is 30.2 Å². The summed E-state index contributed by atoms with van der Waals surface area (Å²) < 4.78 is 53.3. The number of halogens is 2. The van der Waals surface area contributed by atoms with Crippen LogP contribution in [0.1, 0.15) is 31.0 Å². The monoisotopic (exact) mass is 327 g/mol. The van der Waals surface area contributed by atoms with Gasteiger partial charge in [0, 0.05) is 12.7 Å². The lowest BCUT2D eigenvalue weighted by Gasteiger charge is -2.33. The van der Waals surface area contributed by atoms with E-state index in [4.69, 9.17) is 0 Å². The van der Waals surface area contributed by atoms with Crippen molar-refractivity contribution in [3.05, 3.63) is 47.8 Å². The van der Waals surface area contributed by atoms with E-state index >= 15 is 0 Å². The van der Waals surface area contributed by atoms with Gasteiger partial charge in [0.15, 0.2) is 11.6 Å². The van der Waals surface area contributed by atoms with Crippen molar-refractivity contribution >= 4 is 10.0 Å². The first-order chi connectivity index (χ1) is 10.5. The Morgan fingerprint density at radius 1 is 1.18 bits per heavy atom. The van der Waals surface area contributed by atoms with Crippen LogP contribution in [0.4, 0.5) is 8.78 Å². The number of benzene rings is 1. The van der Waals surface area contributed by atoms with Gasteiger partial charge in [-0.15, -0.1) is 0 Å². The van der Waals surface area contributed by atoms with Gasteiger partial charge < -0.3 is 0 Å². The van der Waals surface area contributed by atoms with Gasteiger partial charge >= 0.3 is 0 Å². The summed E-state index contributed by atoms with van der Waals surface area (Å²) in [4.78, 5) is -0.238. The molecule has 1 N–H and O–H groups in total. The van der Waals surface area contributed by atoms with Crippen molar-refractivity contribution < 1.29 is 17.2 Å². The van der Waals surface area contributed by atoms with Crippen LogP contribution in [0, 0.1) is 11.6 Å². The zero-order valence-electron chi connectivity index (χ0n) is 11.7. The molecule has 118 valence electrons. The molecule has 1 atom stereocenters. The second-order valence-electron chi connectivity index (χ2n) is 5.22. The fourth-order valence-corrected chi connectivity index (χ4v) is 4.42. The van der Waals surface area contributed by atoms with Gasteiger partial charge in [0.1, 0.15) is 0 Å². The van der Waals surface area contributed by atoms with E-state index in [0.29, 0.717) is 18.7 Å². The van der Waals surface area contributed by atoms with E-state index in [0.717, 1.165) is 31.0 Å². The molecule has 2 heterocycles. The number of rotatable bonds is 3.